The predicted octanol–water partition coefficient (Wildman–Crippen LogP) is 2.26. The zero-order valence-corrected chi connectivity index (χ0v) is 13.2. The van der Waals surface area contributed by atoms with Crippen molar-refractivity contribution in [1.82, 2.24) is 14.8 Å². The smallest absolute Gasteiger partial charge is 0.0739 e. The number of nitrogens with two attached hydrogens (primary N) is 1. The Morgan fingerprint density at radius 1 is 1.53 bits per heavy atom. The van der Waals surface area contributed by atoms with Gasteiger partial charge in [0.2, 0.25) is 0 Å². The molecule has 0 aliphatic carbocycles. The average Bonchev–Trinajstić information content (AvgIpc) is 2.67. The molecule has 1 atom stereocenters. The molecule has 0 aliphatic heterocycles. The highest BCUT2D eigenvalue weighted by molar-refractivity contribution is 9.10. The molecule has 0 aromatic carbocycles. The summed E-state index contributed by atoms with van der Waals surface area (Å²) in [6, 6.07) is 1.69. The van der Waals surface area contributed by atoms with Gasteiger partial charge in [0.1, 0.15) is 0 Å². The Labute approximate surface area is 122 Å². The Hall–Kier alpha value is -1.21. The van der Waals surface area contributed by atoms with Crippen LogP contribution in [0.4, 0.5) is 5.69 Å². The summed E-state index contributed by atoms with van der Waals surface area (Å²) in [7, 11) is -1.21. The minimum absolute atomic E-state index is 0.378. The number of anilines is 1. The minimum Gasteiger partial charge on any atom is -0.396 e. The van der Waals surface area contributed by atoms with Crippen molar-refractivity contribution < 1.29 is 4.21 Å². The molecule has 0 amide bonds. The zero-order chi connectivity index (χ0) is 14.0. The van der Waals surface area contributed by atoms with E-state index in [1.807, 2.05) is 18.5 Å². The molecule has 0 spiro atoms. The predicted molar refractivity (Wildman–Crippen MR) is 79.1 cm³/mol. The molecule has 0 bridgehead atoms. The van der Waals surface area contributed by atoms with Crippen LogP contribution in [0.5, 0.6) is 0 Å². The van der Waals surface area contributed by atoms with E-state index in [-0.39, 0.29) is 0 Å². The number of hydrogen-bond acceptors (Lipinski definition) is 4. The second kappa shape index (κ2) is 5.83. The molecule has 1 unspecified atom stereocenters. The number of nitrogens with zero attached hydrogens (tertiary/aromatic N) is 3. The van der Waals surface area contributed by atoms with Crippen LogP contribution in [0, 0.1) is 6.92 Å². The quantitative estimate of drug-likeness (QED) is 0.924. The average molecular weight is 343 g/mol. The van der Waals surface area contributed by atoms with Crippen LogP contribution in [0.3, 0.4) is 0 Å². The molecule has 0 saturated heterocycles. The molecule has 0 saturated carbocycles. The van der Waals surface area contributed by atoms with Crippen LogP contribution < -0.4 is 5.73 Å². The summed E-state index contributed by atoms with van der Waals surface area (Å²) < 4.78 is 15.2. The fourth-order valence-electron chi connectivity index (χ4n) is 1.81. The summed E-state index contributed by atoms with van der Waals surface area (Å²) in [4.78, 5) is 4.52. The lowest BCUT2D eigenvalue weighted by Gasteiger charge is -2.07. The van der Waals surface area contributed by atoms with Gasteiger partial charge in [0.15, 0.2) is 0 Å². The number of rotatable bonds is 4. The first-order valence-electron chi connectivity index (χ1n) is 5.84. The Morgan fingerprint density at radius 2 is 2.26 bits per heavy atom. The van der Waals surface area contributed by atoms with Gasteiger partial charge in [0.05, 0.1) is 49.2 Å². The molecule has 2 aromatic rings. The number of hydrogen-bond donors (Lipinski definition) is 1. The monoisotopic (exact) mass is 342 g/mol. The van der Waals surface area contributed by atoms with Crippen LogP contribution >= 0.6 is 15.9 Å². The molecular formula is C12H15BrN4OS. The van der Waals surface area contributed by atoms with Crippen molar-refractivity contribution in [3.63, 3.8) is 0 Å². The van der Waals surface area contributed by atoms with E-state index in [1.165, 1.54) is 6.20 Å². The first-order chi connectivity index (χ1) is 9.04. The van der Waals surface area contributed by atoms with E-state index in [2.05, 4.69) is 26.0 Å². The summed E-state index contributed by atoms with van der Waals surface area (Å²) in [5.74, 6) is 0.378. The van der Waals surface area contributed by atoms with Crippen molar-refractivity contribution in [2.45, 2.75) is 31.0 Å². The summed E-state index contributed by atoms with van der Waals surface area (Å²) >= 11 is 3.50. The van der Waals surface area contributed by atoms with Crippen LogP contribution in [0.1, 0.15) is 18.3 Å². The van der Waals surface area contributed by atoms with Crippen LogP contribution in [0.2, 0.25) is 0 Å². The van der Waals surface area contributed by atoms with Crippen LogP contribution in [-0.4, -0.2) is 19.0 Å². The Kier molecular flexibility index (Phi) is 4.36. The van der Waals surface area contributed by atoms with E-state index in [0.717, 1.165) is 22.4 Å². The van der Waals surface area contributed by atoms with E-state index >= 15 is 0 Å². The molecule has 2 rings (SSSR count). The largest absolute Gasteiger partial charge is 0.396 e. The van der Waals surface area contributed by atoms with E-state index in [9.17, 15) is 4.21 Å². The van der Waals surface area contributed by atoms with Crippen molar-refractivity contribution in [1.29, 1.82) is 0 Å². The van der Waals surface area contributed by atoms with Gasteiger partial charge in [0.25, 0.3) is 0 Å². The van der Waals surface area contributed by atoms with Gasteiger partial charge in [0, 0.05) is 12.7 Å². The van der Waals surface area contributed by atoms with E-state index in [0.29, 0.717) is 16.3 Å². The maximum Gasteiger partial charge on any atom is 0.0739 e. The second-order valence-electron chi connectivity index (χ2n) is 4.07. The van der Waals surface area contributed by atoms with Crippen molar-refractivity contribution in [2.24, 2.45) is 0 Å². The third kappa shape index (κ3) is 2.87. The molecular weight excluding hydrogens is 328 g/mol. The van der Waals surface area contributed by atoms with Crippen molar-refractivity contribution in [3.05, 3.63) is 34.3 Å². The van der Waals surface area contributed by atoms with E-state index < -0.39 is 10.8 Å². The van der Waals surface area contributed by atoms with Gasteiger partial charge in [-0.25, -0.2) is 0 Å². The fourth-order valence-corrected chi connectivity index (χ4v) is 3.65. The van der Waals surface area contributed by atoms with E-state index in [1.54, 1.807) is 12.3 Å². The Morgan fingerprint density at radius 3 is 2.89 bits per heavy atom. The van der Waals surface area contributed by atoms with Crippen LogP contribution in [0.15, 0.2) is 27.8 Å². The molecule has 102 valence electrons. The molecule has 2 heterocycles. The van der Waals surface area contributed by atoms with Gasteiger partial charge in [-0.15, -0.1) is 0 Å². The number of halogens is 1. The molecule has 0 fully saturated rings. The standard InChI is InChI=1S/C12H15BrN4OS/c1-3-17-10(12(13)8(2)16-17)7-19(18)11-4-5-15-6-9(11)14/h4-6H,3,7,14H2,1-2H3. The first-order valence-corrected chi connectivity index (χ1v) is 7.95. The Balaban J connectivity index is 2.32. The molecule has 7 heteroatoms. The molecule has 0 aliphatic rings. The molecule has 19 heavy (non-hydrogen) atoms. The van der Waals surface area contributed by atoms with Crippen LogP contribution in [0.25, 0.3) is 0 Å². The maximum atomic E-state index is 12.4. The van der Waals surface area contributed by atoms with Gasteiger partial charge in [-0.05, 0) is 35.8 Å². The summed E-state index contributed by atoms with van der Waals surface area (Å²) in [5.41, 5.74) is 8.08. The van der Waals surface area contributed by atoms with Gasteiger partial charge >= 0.3 is 0 Å². The third-order valence-electron chi connectivity index (χ3n) is 2.78. The third-order valence-corrected chi connectivity index (χ3v) is 5.21. The number of aryl methyl sites for hydroxylation is 2. The normalized spacial score (nSPS) is 12.6. The first kappa shape index (κ1) is 14.2. The number of nitrogen functional groups attached to an aromatic ring is 1. The second-order valence-corrected chi connectivity index (χ2v) is 6.28. The lowest BCUT2D eigenvalue weighted by molar-refractivity contribution is 0.626. The molecule has 2 aromatic heterocycles. The van der Waals surface area contributed by atoms with Gasteiger partial charge in [-0.2, -0.15) is 5.10 Å². The Bertz CT molecular complexity index is 626. The highest BCUT2D eigenvalue weighted by atomic mass is 79.9. The molecule has 0 radical (unpaired) electrons. The summed E-state index contributed by atoms with van der Waals surface area (Å²) in [6.45, 7) is 4.67. The maximum absolute atomic E-state index is 12.4. The van der Waals surface area contributed by atoms with Gasteiger partial charge < -0.3 is 5.73 Å². The van der Waals surface area contributed by atoms with Crippen molar-refractivity contribution in [3.8, 4) is 0 Å². The summed E-state index contributed by atoms with van der Waals surface area (Å²) in [5, 5.41) is 4.39. The SMILES string of the molecule is CCn1nc(C)c(Br)c1CS(=O)c1ccncc1N. The van der Waals surface area contributed by atoms with Crippen molar-refractivity contribution in [2.75, 3.05) is 5.73 Å². The number of aromatic nitrogens is 3. The minimum atomic E-state index is -1.21. The topological polar surface area (TPSA) is 73.8 Å². The van der Waals surface area contributed by atoms with Gasteiger partial charge in [-0.3, -0.25) is 13.9 Å². The summed E-state index contributed by atoms with van der Waals surface area (Å²) in [6.07, 6.45) is 3.12. The van der Waals surface area contributed by atoms with Crippen molar-refractivity contribution >= 4 is 32.4 Å². The highest BCUT2D eigenvalue weighted by Gasteiger charge is 2.17. The molecule has 2 N–H and O–H groups in total. The fraction of sp³-hybridized carbons (Fsp3) is 0.333. The zero-order valence-electron chi connectivity index (χ0n) is 10.8. The van der Waals surface area contributed by atoms with E-state index in [4.69, 9.17) is 5.73 Å². The van der Waals surface area contributed by atoms with Gasteiger partial charge in [-0.1, -0.05) is 0 Å². The lowest BCUT2D eigenvalue weighted by atomic mass is 10.4. The van der Waals surface area contributed by atoms with Crippen LogP contribution in [-0.2, 0) is 23.1 Å². The lowest BCUT2D eigenvalue weighted by Crippen LogP contribution is -2.08. The number of pyridine rings is 1. The highest BCUT2D eigenvalue weighted by Crippen LogP contribution is 2.25. The molecule has 5 nitrogen and oxygen atoms in total.